The van der Waals surface area contributed by atoms with Crippen LogP contribution in [0.4, 0.5) is 5.69 Å². The van der Waals surface area contributed by atoms with Gasteiger partial charge < -0.3 is 10.5 Å². The predicted molar refractivity (Wildman–Crippen MR) is 52.3 cm³/mol. The van der Waals surface area contributed by atoms with Crippen LogP contribution in [0.5, 0.6) is 5.88 Å². The van der Waals surface area contributed by atoms with E-state index >= 15 is 0 Å². The van der Waals surface area contributed by atoms with E-state index < -0.39 is 0 Å². The molecule has 0 bridgehead atoms. The molecule has 3 nitrogen and oxygen atoms in total. The molecule has 0 aliphatic carbocycles. The molecule has 0 radical (unpaired) electrons. The minimum absolute atomic E-state index is 0.268. The zero-order chi connectivity index (χ0) is 9.84. The zero-order valence-electron chi connectivity index (χ0n) is 7.74. The second-order valence-electron chi connectivity index (χ2n) is 2.81. The normalized spacial score (nSPS) is 11.8. The summed E-state index contributed by atoms with van der Waals surface area (Å²) in [5.41, 5.74) is 7.19. The number of nitrogen functional groups attached to an aromatic ring is 1. The third kappa shape index (κ3) is 2.38. The first kappa shape index (κ1) is 9.40. The Balaban J connectivity index is 2.81. The maximum absolute atomic E-state index is 5.59. The summed E-state index contributed by atoms with van der Waals surface area (Å²) in [5, 5.41) is 0. The summed E-state index contributed by atoms with van der Waals surface area (Å²) in [7, 11) is 0. The zero-order valence-corrected chi connectivity index (χ0v) is 7.74. The topological polar surface area (TPSA) is 48.1 Å². The molecule has 1 unspecified atom stereocenters. The second-order valence-corrected chi connectivity index (χ2v) is 2.81. The van der Waals surface area contributed by atoms with Gasteiger partial charge in [-0.05, 0) is 19.4 Å². The average molecular weight is 176 g/mol. The predicted octanol–water partition coefficient (Wildman–Crippen LogP) is 1.37. The van der Waals surface area contributed by atoms with E-state index in [-0.39, 0.29) is 6.10 Å². The molecule has 1 aromatic rings. The number of terminal acetylenes is 1. The molecule has 0 saturated carbocycles. The summed E-state index contributed by atoms with van der Waals surface area (Å²) in [6.07, 6.45) is 6.46. The summed E-state index contributed by atoms with van der Waals surface area (Å²) < 4.78 is 5.30. The van der Waals surface area contributed by atoms with Crippen LogP contribution in [0.1, 0.15) is 12.5 Å². The van der Waals surface area contributed by atoms with Gasteiger partial charge in [-0.2, -0.15) is 0 Å². The third-order valence-corrected chi connectivity index (χ3v) is 1.66. The van der Waals surface area contributed by atoms with Crippen molar-refractivity contribution in [2.24, 2.45) is 0 Å². The van der Waals surface area contributed by atoms with Crippen LogP contribution in [-0.4, -0.2) is 11.1 Å². The number of nitrogens with two attached hydrogens (primary N) is 1. The highest BCUT2D eigenvalue weighted by Crippen LogP contribution is 2.15. The fourth-order valence-corrected chi connectivity index (χ4v) is 0.820. The van der Waals surface area contributed by atoms with Gasteiger partial charge >= 0.3 is 0 Å². The largest absolute Gasteiger partial charge is 0.461 e. The van der Waals surface area contributed by atoms with Crippen molar-refractivity contribution in [3.63, 3.8) is 0 Å². The van der Waals surface area contributed by atoms with Crippen molar-refractivity contribution >= 4 is 5.69 Å². The minimum Gasteiger partial charge on any atom is -0.461 e. The van der Waals surface area contributed by atoms with Crippen LogP contribution >= 0.6 is 0 Å². The van der Waals surface area contributed by atoms with E-state index in [1.54, 1.807) is 19.2 Å². The van der Waals surface area contributed by atoms with E-state index in [4.69, 9.17) is 16.9 Å². The Morgan fingerprint density at radius 3 is 2.92 bits per heavy atom. The van der Waals surface area contributed by atoms with E-state index in [0.717, 1.165) is 5.56 Å². The van der Waals surface area contributed by atoms with Gasteiger partial charge in [0.05, 0.1) is 11.9 Å². The number of hydrogen-bond donors (Lipinski definition) is 1. The second kappa shape index (κ2) is 3.81. The molecule has 0 fully saturated rings. The van der Waals surface area contributed by atoms with Gasteiger partial charge in [-0.1, -0.05) is 5.92 Å². The SMILES string of the molecule is C#CC(C)Oc1cc(C)c(N)cn1. The van der Waals surface area contributed by atoms with Gasteiger partial charge in [0.1, 0.15) is 0 Å². The number of nitrogens with zero attached hydrogens (tertiary/aromatic N) is 1. The fourth-order valence-electron chi connectivity index (χ4n) is 0.820. The molecule has 1 rings (SSSR count). The first-order chi connectivity index (χ1) is 6.13. The van der Waals surface area contributed by atoms with Crippen molar-refractivity contribution in [2.45, 2.75) is 20.0 Å². The molecule has 0 spiro atoms. The van der Waals surface area contributed by atoms with Gasteiger partial charge in [0.2, 0.25) is 5.88 Å². The van der Waals surface area contributed by atoms with Crippen molar-refractivity contribution in [3.8, 4) is 18.2 Å². The van der Waals surface area contributed by atoms with Crippen LogP contribution in [0.3, 0.4) is 0 Å². The Morgan fingerprint density at radius 1 is 1.69 bits per heavy atom. The van der Waals surface area contributed by atoms with Gasteiger partial charge in [-0.3, -0.25) is 0 Å². The average Bonchev–Trinajstić information content (AvgIpc) is 2.11. The lowest BCUT2D eigenvalue weighted by Gasteiger charge is -2.08. The summed E-state index contributed by atoms with van der Waals surface area (Å²) >= 11 is 0. The van der Waals surface area contributed by atoms with Crippen molar-refractivity contribution in [1.82, 2.24) is 4.98 Å². The molecular weight excluding hydrogens is 164 g/mol. The van der Waals surface area contributed by atoms with Crippen molar-refractivity contribution in [1.29, 1.82) is 0 Å². The van der Waals surface area contributed by atoms with Crippen molar-refractivity contribution < 1.29 is 4.74 Å². The monoisotopic (exact) mass is 176 g/mol. The fraction of sp³-hybridized carbons (Fsp3) is 0.300. The highest BCUT2D eigenvalue weighted by atomic mass is 16.5. The number of rotatable bonds is 2. The van der Waals surface area contributed by atoms with E-state index in [2.05, 4.69) is 10.9 Å². The molecule has 1 aromatic heterocycles. The molecule has 1 heterocycles. The molecule has 13 heavy (non-hydrogen) atoms. The summed E-state index contributed by atoms with van der Waals surface area (Å²) in [5.74, 6) is 2.97. The van der Waals surface area contributed by atoms with Crippen LogP contribution in [-0.2, 0) is 0 Å². The van der Waals surface area contributed by atoms with Crippen LogP contribution in [0.25, 0.3) is 0 Å². The third-order valence-electron chi connectivity index (χ3n) is 1.66. The van der Waals surface area contributed by atoms with Gasteiger partial charge in [0.25, 0.3) is 0 Å². The van der Waals surface area contributed by atoms with Gasteiger partial charge in [-0.25, -0.2) is 4.98 Å². The number of aryl methyl sites for hydroxylation is 1. The summed E-state index contributed by atoms with van der Waals surface area (Å²) in [6, 6.07) is 1.77. The Labute approximate surface area is 77.9 Å². The summed E-state index contributed by atoms with van der Waals surface area (Å²) in [4.78, 5) is 3.98. The number of ether oxygens (including phenoxy) is 1. The number of hydrogen-bond acceptors (Lipinski definition) is 3. The minimum atomic E-state index is -0.268. The molecule has 2 N–H and O–H groups in total. The van der Waals surface area contributed by atoms with E-state index in [0.29, 0.717) is 11.6 Å². The van der Waals surface area contributed by atoms with E-state index in [1.807, 2.05) is 6.92 Å². The number of aromatic nitrogens is 1. The Kier molecular flexibility index (Phi) is 2.76. The maximum atomic E-state index is 5.59. The van der Waals surface area contributed by atoms with Crippen LogP contribution in [0, 0.1) is 19.3 Å². The molecule has 0 aliphatic rings. The molecular formula is C10H12N2O. The van der Waals surface area contributed by atoms with Crippen LogP contribution in [0.2, 0.25) is 0 Å². The first-order valence-corrected chi connectivity index (χ1v) is 3.98. The number of anilines is 1. The molecule has 0 amide bonds. The molecule has 68 valence electrons. The van der Waals surface area contributed by atoms with Gasteiger partial charge in [-0.15, -0.1) is 6.42 Å². The van der Waals surface area contributed by atoms with E-state index in [9.17, 15) is 0 Å². The summed E-state index contributed by atoms with van der Waals surface area (Å²) in [6.45, 7) is 3.68. The van der Waals surface area contributed by atoms with E-state index in [1.165, 1.54) is 0 Å². The lowest BCUT2D eigenvalue weighted by molar-refractivity contribution is 0.268. The van der Waals surface area contributed by atoms with Crippen LogP contribution in [0.15, 0.2) is 12.3 Å². The van der Waals surface area contributed by atoms with Crippen LogP contribution < -0.4 is 10.5 Å². The Bertz CT molecular complexity index is 341. The lowest BCUT2D eigenvalue weighted by atomic mass is 10.2. The van der Waals surface area contributed by atoms with Gasteiger partial charge in [0, 0.05) is 6.07 Å². The quantitative estimate of drug-likeness (QED) is 0.692. The maximum Gasteiger partial charge on any atom is 0.214 e. The molecule has 0 aliphatic heterocycles. The Hall–Kier alpha value is -1.69. The molecule has 0 aromatic carbocycles. The highest BCUT2D eigenvalue weighted by Gasteiger charge is 2.02. The number of pyridine rings is 1. The molecule has 0 saturated heterocycles. The standard InChI is InChI=1S/C10H12N2O/c1-4-8(3)13-10-5-7(2)9(11)6-12-10/h1,5-6,8H,11H2,2-3H3. The molecule has 3 heteroatoms. The lowest BCUT2D eigenvalue weighted by Crippen LogP contribution is -2.09. The molecule has 1 atom stereocenters. The van der Waals surface area contributed by atoms with Gasteiger partial charge in [0.15, 0.2) is 6.10 Å². The van der Waals surface area contributed by atoms with Crippen molar-refractivity contribution in [3.05, 3.63) is 17.8 Å². The van der Waals surface area contributed by atoms with Crippen molar-refractivity contribution in [2.75, 3.05) is 5.73 Å². The Morgan fingerprint density at radius 2 is 2.38 bits per heavy atom. The first-order valence-electron chi connectivity index (χ1n) is 3.98. The highest BCUT2D eigenvalue weighted by molar-refractivity contribution is 5.45. The smallest absolute Gasteiger partial charge is 0.214 e.